The molecular weight excluding hydrogens is 348 g/mol. The normalized spacial score (nSPS) is 10.5. The summed E-state index contributed by atoms with van der Waals surface area (Å²) >= 11 is 0. The van der Waals surface area contributed by atoms with Crippen LogP contribution in [0.5, 0.6) is 0 Å². The number of rotatable bonds is 10. The number of benzene rings is 2. The lowest BCUT2D eigenvalue weighted by molar-refractivity contribution is 0.0846. The Bertz CT molecular complexity index is 736. The Kier molecular flexibility index (Phi) is 9.26. The second kappa shape index (κ2) is 12.0. The molecule has 2 amide bonds. The lowest BCUT2D eigenvalue weighted by atomic mass is 10.0. The summed E-state index contributed by atoms with van der Waals surface area (Å²) in [5, 5.41) is 0. The SMILES string of the molecule is CCCCCCCc1ccc(C(=O)NNC(=O)c2ccc(CCC)cc2)cc1. The largest absolute Gasteiger partial charge is 0.269 e. The molecule has 0 unspecified atom stereocenters. The number of hydrogen-bond acceptors (Lipinski definition) is 2. The van der Waals surface area contributed by atoms with E-state index >= 15 is 0 Å². The molecule has 2 rings (SSSR count). The first kappa shape index (κ1) is 21.7. The van der Waals surface area contributed by atoms with Gasteiger partial charge in [0, 0.05) is 11.1 Å². The van der Waals surface area contributed by atoms with Gasteiger partial charge >= 0.3 is 0 Å². The van der Waals surface area contributed by atoms with Gasteiger partial charge in [-0.1, -0.05) is 70.2 Å². The van der Waals surface area contributed by atoms with Gasteiger partial charge in [-0.2, -0.15) is 0 Å². The van der Waals surface area contributed by atoms with Crippen molar-refractivity contribution < 1.29 is 9.59 Å². The van der Waals surface area contributed by atoms with Crippen LogP contribution >= 0.6 is 0 Å². The lowest BCUT2D eigenvalue weighted by Gasteiger charge is -2.09. The molecule has 28 heavy (non-hydrogen) atoms. The minimum absolute atomic E-state index is 0.314. The summed E-state index contributed by atoms with van der Waals surface area (Å²) in [6.45, 7) is 4.34. The van der Waals surface area contributed by atoms with Gasteiger partial charge in [0.15, 0.2) is 0 Å². The molecule has 0 saturated heterocycles. The molecule has 150 valence electrons. The topological polar surface area (TPSA) is 58.2 Å². The van der Waals surface area contributed by atoms with E-state index in [1.54, 1.807) is 12.1 Å². The summed E-state index contributed by atoms with van der Waals surface area (Å²) in [5.74, 6) is -0.634. The third-order valence-corrected chi connectivity index (χ3v) is 4.83. The van der Waals surface area contributed by atoms with E-state index in [0.717, 1.165) is 19.3 Å². The summed E-state index contributed by atoms with van der Waals surface area (Å²) < 4.78 is 0. The number of amides is 2. The van der Waals surface area contributed by atoms with Crippen LogP contribution in [0.15, 0.2) is 48.5 Å². The predicted octanol–water partition coefficient (Wildman–Crippen LogP) is 5.23. The van der Waals surface area contributed by atoms with Crippen LogP contribution in [-0.2, 0) is 12.8 Å². The maximum absolute atomic E-state index is 12.2. The molecule has 0 atom stereocenters. The molecule has 2 N–H and O–H groups in total. The fourth-order valence-corrected chi connectivity index (χ4v) is 3.12. The molecule has 0 radical (unpaired) electrons. The number of unbranched alkanes of at least 4 members (excludes halogenated alkanes) is 4. The fourth-order valence-electron chi connectivity index (χ4n) is 3.12. The first-order valence-electron chi connectivity index (χ1n) is 10.4. The zero-order chi connectivity index (χ0) is 20.2. The van der Waals surface area contributed by atoms with Gasteiger partial charge in [-0.3, -0.25) is 20.4 Å². The number of hydrazine groups is 1. The standard InChI is InChI=1S/C24H32N2O2/c1-3-5-6-7-8-10-20-13-17-22(18-14-20)24(28)26-25-23(27)21-15-11-19(9-4-2)12-16-21/h11-18H,3-10H2,1-2H3,(H,25,27)(H,26,28). The molecule has 0 aliphatic carbocycles. The van der Waals surface area contributed by atoms with Crippen molar-refractivity contribution in [3.63, 3.8) is 0 Å². The molecule has 0 aliphatic heterocycles. The van der Waals surface area contributed by atoms with Gasteiger partial charge in [-0.25, -0.2) is 0 Å². The number of aryl methyl sites for hydroxylation is 2. The molecule has 0 bridgehead atoms. The van der Waals surface area contributed by atoms with Crippen LogP contribution in [0, 0.1) is 0 Å². The Morgan fingerprint density at radius 1 is 0.607 bits per heavy atom. The van der Waals surface area contributed by atoms with Crippen molar-refractivity contribution in [1.29, 1.82) is 0 Å². The van der Waals surface area contributed by atoms with E-state index in [2.05, 4.69) is 24.7 Å². The van der Waals surface area contributed by atoms with Crippen molar-refractivity contribution in [2.24, 2.45) is 0 Å². The third-order valence-electron chi connectivity index (χ3n) is 4.83. The first-order valence-corrected chi connectivity index (χ1v) is 10.4. The average molecular weight is 381 g/mol. The highest BCUT2D eigenvalue weighted by molar-refractivity contribution is 5.99. The smallest absolute Gasteiger partial charge is 0.267 e. The molecule has 0 aliphatic rings. The minimum Gasteiger partial charge on any atom is -0.267 e. The first-order chi connectivity index (χ1) is 13.6. The Hall–Kier alpha value is -2.62. The maximum Gasteiger partial charge on any atom is 0.269 e. The highest BCUT2D eigenvalue weighted by Gasteiger charge is 2.09. The molecule has 4 heteroatoms. The van der Waals surface area contributed by atoms with Gasteiger partial charge in [0.05, 0.1) is 0 Å². The van der Waals surface area contributed by atoms with Crippen molar-refractivity contribution in [3.05, 3.63) is 70.8 Å². The summed E-state index contributed by atoms with van der Waals surface area (Å²) in [5.41, 5.74) is 8.47. The van der Waals surface area contributed by atoms with Gasteiger partial charge in [0.25, 0.3) is 11.8 Å². The van der Waals surface area contributed by atoms with E-state index in [9.17, 15) is 9.59 Å². The predicted molar refractivity (Wildman–Crippen MR) is 114 cm³/mol. The van der Waals surface area contributed by atoms with Crippen LogP contribution < -0.4 is 10.9 Å². The summed E-state index contributed by atoms with van der Waals surface area (Å²) in [4.78, 5) is 24.4. The van der Waals surface area contributed by atoms with E-state index in [1.807, 2.05) is 36.4 Å². The van der Waals surface area contributed by atoms with Gasteiger partial charge in [0.2, 0.25) is 0 Å². The number of nitrogens with one attached hydrogen (secondary N) is 2. The zero-order valence-electron chi connectivity index (χ0n) is 17.1. The van der Waals surface area contributed by atoms with E-state index in [0.29, 0.717) is 11.1 Å². The maximum atomic E-state index is 12.2. The highest BCUT2D eigenvalue weighted by atomic mass is 16.2. The zero-order valence-corrected chi connectivity index (χ0v) is 17.1. The molecular formula is C24H32N2O2. The van der Waals surface area contributed by atoms with Gasteiger partial charge in [0.1, 0.15) is 0 Å². The Labute approximate surface area is 168 Å². The average Bonchev–Trinajstić information content (AvgIpc) is 2.73. The van der Waals surface area contributed by atoms with Crippen molar-refractivity contribution in [3.8, 4) is 0 Å². The second-order valence-electron chi connectivity index (χ2n) is 7.22. The van der Waals surface area contributed by atoms with Gasteiger partial charge in [-0.05, 0) is 54.7 Å². The molecule has 4 nitrogen and oxygen atoms in total. The summed E-state index contributed by atoms with van der Waals surface area (Å²) in [6.07, 6.45) is 9.37. The third kappa shape index (κ3) is 7.18. The number of hydrogen-bond donors (Lipinski definition) is 2. The second-order valence-corrected chi connectivity index (χ2v) is 7.22. The molecule has 0 saturated carbocycles. The van der Waals surface area contributed by atoms with Crippen LogP contribution in [0.3, 0.4) is 0 Å². The number of carbonyl (C=O) groups excluding carboxylic acids is 2. The van der Waals surface area contributed by atoms with Crippen molar-refractivity contribution in [1.82, 2.24) is 10.9 Å². The molecule has 0 heterocycles. The lowest BCUT2D eigenvalue weighted by Crippen LogP contribution is -2.41. The Morgan fingerprint density at radius 3 is 1.54 bits per heavy atom. The van der Waals surface area contributed by atoms with Crippen molar-refractivity contribution in [2.75, 3.05) is 0 Å². The van der Waals surface area contributed by atoms with E-state index in [4.69, 9.17) is 0 Å². The number of carbonyl (C=O) groups is 2. The van der Waals surface area contributed by atoms with E-state index in [1.165, 1.54) is 43.2 Å². The van der Waals surface area contributed by atoms with Gasteiger partial charge in [-0.15, -0.1) is 0 Å². The fraction of sp³-hybridized carbons (Fsp3) is 0.417. The Balaban J connectivity index is 1.78. The Morgan fingerprint density at radius 2 is 1.07 bits per heavy atom. The van der Waals surface area contributed by atoms with Crippen LogP contribution in [0.4, 0.5) is 0 Å². The summed E-state index contributed by atoms with van der Waals surface area (Å²) in [6, 6.07) is 15.0. The molecule has 2 aromatic rings. The molecule has 0 aromatic heterocycles. The van der Waals surface area contributed by atoms with Gasteiger partial charge < -0.3 is 0 Å². The molecule has 0 spiro atoms. The quantitative estimate of drug-likeness (QED) is 0.438. The summed E-state index contributed by atoms with van der Waals surface area (Å²) in [7, 11) is 0. The van der Waals surface area contributed by atoms with Crippen LogP contribution in [-0.4, -0.2) is 11.8 Å². The molecule has 2 aromatic carbocycles. The monoisotopic (exact) mass is 380 g/mol. The van der Waals surface area contributed by atoms with Crippen LogP contribution in [0.25, 0.3) is 0 Å². The van der Waals surface area contributed by atoms with Crippen molar-refractivity contribution >= 4 is 11.8 Å². The minimum atomic E-state index is -0.319. The van der Waals surface area contributed by atoms with Crippen LogP contribution in [0.1, 0.15) is 84.2 Å². The van der Waals surface area contributed by atoms with E-state index < -0.39 is 0 Å². The highest BCUT2D eigenvalue weighted by Crippen LogP contribution is 2.11. The van der Waals surface area contributed by atoms with E-state index in [-0.39, 0.29) is 11.8 Å². The molecule has 0 fully saturated rings. The van der Waals surface area contributed by atoms with Crippen molar-refractivity contribution in [2.45, 2.75) is 65.2 Å². The van der Waals surface area contributed by atoms with Crippen LogP contribution in [0.2, 0.25) is 0 Å².